The monoisotopic (exact) mass is 216 g/mol. The van der Waals surface area contributed by atoms with Crippen molar-refractivity contribution >= 4 is 0 Å². The summed E-state index contributed by atoms with van der Waals surface area (Å²) in [7, 11) is 0. The topological polar surface area (TPSA) is 29.5 Å². The van der Waals surface area contributed by atoms with Crippen LogP contribution in [0.2, 0.25) is 0 Å². The molecule has 0 spiro atoms. The van der Waals surface area contributed by atoms with Gasteiger partial charge in [0.1, 0.15) is 5.82 Å². The van der Waals surface area contributed by atoms with E-state index < -0.39 is 11.6 Å². The van der Waals surface area contributed by atoms with Crippen LogP contribution in [0.1, 0.15) is 19.8 Å². The first-order valence-electron chi connectivity index (χ1n) is 4.85. The molecule has 2 nitrogen and oxygen atoms in total. The van der Waals surface area contributed by atoms with Crippen LogP contribution in [-0.2, 0) is 0 Å². The average molecular weight is 216 g/mol. The van der Waals surface area contributed by atoms with Crippen molar-refractivity contribution in [2.75, 3.05) is 6.61 Å². The van der Waals surface area contributed by atoms with Crippen LogP contribution in [0.15, 0.2) is 18.2 Å². The molecule has 0 aliphatic heterocycles. The lowest BCUT2D eigenvalue weighted by Crippen LogP contribution is -2.05. The van der Waals surface area contributed by atoms with Crippen LogP contribution in [0, 0.1) is 11.6 Å². The normalized spacial score (nSPS) is 12.5. The smallest absolute Gasteiger partial charge is 0.167 e. The van der Waals surface area contributed by atoms with E-state index in [0.717, 1.165) is 12.1 Å². The van der Waals surface area contributed by atoms with Crippen molar-refractivity contribution in [1.29, 1.82) is 0 Å². The Bertz CT molecular complexity index is 313. The van der Waals surface area contributed by atoms with Gasteiger partial charge in [0.25, 0.3) is 0 Å². The lowest BCUT2D eigenvalue weighted by molar-refractivity contribution is 0.169. The lowest BCUT2D eigenvalue weighted by Gasteiger charge is -2.07. The van der Waals surface area contributed by atoms with E-state index in [0.29, 0.717) is 19.4 Å². The molecule has 0 fully saturated rings. The fourth-order valence-corrected chi connectivity index (χ4v) is 1.15. The number of benzene rings is 1. The third kappa shape index (κ3) is 4.25. The first-order valence-corrected chi connectivity index (χ1v) is 4.85. The van der Waals surface area contributed by atoms with Gasteiger partial charge >= 0.3 is 0 Å². The molecule has 1 aromatic rings. The molecular weight excluding hydrogens is 202 g/mol. The van der Waals surface area contributed by atoms with E-state index in [4.69, 9.17) is 9.84 Å². The van der Waals surface area contributed by atoms with Crippen LogP contribution in [0.4, 0.5) is 8.78 Å². The van der Waals surface area contributed by atoms with Gasteiger partial charge in [0.2, 0.25) is 0 Å². The van der Waals surface area contributed by atoms with Gasteiger partial charge in [0, 0.05) is 6.07 Å². The molecule has 0 aliphatic carbocycles. The molecule has 1 atom stereocenters. The van der Waals surface area contributed by atoms with Crippen LogP contribution in [-0.4, -0.2) is 17.8 Å². The van der Waals surface area contributed by atoms with E-state index in [1.54, 1.807) is 6.92 Å². The van der Waals surface area contributed by atoms with Gasteiger partial charge in [0.15, 0.2) is 11.6 Å². The third-order valence-corrected chi connectivity index (χ3v) is 1.92. The average Bonchev–Trinajstić information content (AvgIpc) is 2.14. The summed E-state index contributed by atoms with van der Waals surface area (Å²) in [5.41, 5.74) is 0. The van der Waals surface area contributed by atoms with Gasteiger partial charge in [-0.25, -0.2) is 8.78 Å². The van der Waals surface area contributed by atoms with Crippen molar-refractivity contribution in [2.24, 2.45) is 0 Å². The van der Waals surface area contributed by atoms with Gasteiger partial charge in [-0.1, -0.05) is 0 Å². The Hall–Kier alpha value is -1.16. The minimum absolute atomic E-state index is 0.0435. The molecule has 1 N–H and O–H groups in total. The Morgan fingerprint density at radius 3 is 2.73 bits per heavy atom. The summed E-state index contributed by atoms with van der Waals surface area (Å²) in [5.74, 6) is -1.28. The van der Waals surface area contributed by atoms with E-state index >= 15 is 0 Å². The molecule has 0 radical (unpaired) electrons. The predicted molar refractivity (Wildman–Crippen MR) is 52.8 cm³/mol. The highest BCUT2D eigenvalue weighted by molar-refractivity contribution is 5.24. The molecule has 0 saturated heterocycles. The summed E-state index contributed by atoms with van der Waals surface area (Å²) in [6.45, 7) is 1.99. The third-order valence-electron chi connectivity index (χ3n) is 1.92. The second-order valence-electron chi connectivity index (χ2n) is 3.41. The highest BCUT2D eigenvalue weighted by Crippen LogP contribution is 2.17. The summed E-state index contributed by atoms with van der Waals surface area (Å²) in [6.07, 6.45) is 0.851. The zero-order valence-electron chi connectivity index (χ0n) is 8.54. The van der Waals surface area contributed by atoms with Gasteiger partial charge in [-0.05, 0) is 31.9 Å². The molecule has 15 heavy (non-hydrogen) atoms. The fourth-order valence-electron chi connectivity index (χ4n) is 1.15. The molecular formula is C11H14F2O2. The molecule has 4 heteroatoms. The molecule has 0 heterocycles. The number of hydrogen-bond donors (Lipinski definition) is 1. The van der Waals surface area contributed by atoms with Crippen molar-refractivity contribution in [1.82, 2.24) is 0 Å². The number of aliphatic hydroxyl groups is 1. The molecule has 1 unspecified atom stereocenters. The van der Waals surface area contributed by atoms with Crippen LogP contribution in [0.5, 0.6) is 5.75 Å². The standard InChI is InChI=1S/C11H14F2O2/c1-8(14)3-2-6-15-11-5-4-9(12)7-10(11)13/h4-5,7-8,14H,2-3,6H2,1H3. The summed E-state index contributed by atoms with van der Waals surface area (Å²) in [6, 6.07) is 3.18. The Morgan fingerprint density at radius 1 is 1.40 bits per heavy atom. The number of hydrogen-bond acceptors (Lipinski definition) is 2. The fraction of sp³-hybridized carbons (Fsp3) is 0.455. The van der Waals surface area contributed by atoms with E-state index in [2.05, 4.69) is 0 Å². The summed E-state index contributed by atoms with van der Waals surface area (Å²) in [4.78, 5) is 0. The second-order valence-corrected chi connectivity index (χ2v) is 3.41. The lowest BCUT2D eigenvalue weighted by atomic mass is 10.2. The van der Waals surface area contributed by atoms with Crippen molar-refractivity contribution in [2.45, 2.75) is 25.9 Å². The Morgan fingerprint density at radius 2 is 2.13 bits per heavy atom. The van der Waals surface area contributed by atoms with E-state index in [1.165, 1.54) is 6.07 Å². The predicted octanol–water partition coefficient (Wildman–Crippen LogP) is 2.50. The van der Waals surface area contributed by atoms with E-state index in [-0.39, 0.29) is 11.9 Å². The molecule has 0 saturated carbocycles. The van der Waals surface area contributed by atoms with Crippen molar-refractivity contribution < 1.29 is 18.6 Å². The Kier molecular flexibility index (Phi) is 4.49. The SMILES string of the molecule is CC(O)CCCOc1ccc(F)cc1F. The zero-order chi connectivity index (χ0) is 11.3. The Balaban J connectivity index is 2.37. The maximum atomic E-state index is 13.0. The van der Waals surface area contributed by atoms with Gasteiger partial charge in [-0.3, -0.25) is 0 Å². The van der Waals surface area contributed by atoms with Gasteiger partial charge in [-0.2, -0.15) is 0 Å². The Labute approximate surface area is 87.5 Å². The van der Waals surface area contributed by atoms with Crippen LogP contribution >= 0.6 is 0 Å². The van der Waals surface area contributed by atoms with Crippen LogP contribution in [0.3, 0.4) is 0 Å². The molecule has 84 valence electrons. The zero-order valence-corrected chi connectivity index (χ0v) is 8.54. The molecule has 1 rings (SSSR count). The van der Waals surface area contributed by atoms with Crippen molar-refractivity contribution in [3.05, 3.63) is 29.8 Å². The second kappa shape index (κ2) is 5.66. The number of aliphatic hydroxyl groups excluding tert-OH is 1. The van der Waals surface area contributed by atoms with Gasteiger partial charge in [0.05, 0.1) is 12.7 Å². The van der Waals surface area contributed by atoms with Crippen molar-refractivity contribution in [3.8, 4) is 5.75 Å². The molecule has 1 aromatic carbocycles. The molecule has 0 bridgehead atoms. The first kappa shape index (κ1) is 11.9. The minimum Gasteiger partial charge on any atom is -0.491 e. The molecule has 0 amide bonds. The quantitative estimate of drug-likeness (QED) is 0.766. The maximum Gasteiger partial charge on any atom is 0.167 e. The minimum atomic E-state index is -0.702. The number of rotatable bonds is 5. The summed E-state index contributed by atoms with van der Waals surface area (Å²) in [5, 5.41) is 8.96. The largest absolute Gasteiger partial charge is 0.491 e. The van der Waals surface area contributed by atoms with Crippen molar-refractivity contribution in [3.63, 3.8) is 0 Å². The highest BCUT2D eigenvalue weighted by Gasteiger charge is 2.04. The number of ether oxygens (including phenoxy) is 1. The van der Waals surface area contributed by atoms with Gasteiger partial charge < -0.3 is 9.84 Å². The highest BCUT2D eigenvalue weighted by atomic mass is 19.1. The maximum absolute atomic E-state index is 13.0. The first-order chi connectivity index (χ1) is 7.09. The summed E-state index contributed by atoms with van der Waals surface area (Å²) >= 11 is 0. The number of halogens is 2. The summed E-state index contributed by atoms with van der Waals surface area (Å²) < 4.78 is 30.6. The molecule has 0 aromatic heterocycles. The molecule has 0 aliphatic rings. The van der Waals surface area contributed by atoms with Gasteiger partial charge in [-0.15, -0.1) is 0 Å². The van der Waals surface area contributed by atoms with Crippen LogP contribution in [0.25, 0.3) is 0 Å². The van der Waals surface area contributed by atoms with E-state index in [1.807, 2.05) is 0 Å². The van der Waals surface area contributed by atoms with E-state index in [9.17, 15) is 8.78 Å². The van der Waals surface area contributed by atoms with Crippen LogP contribution < -0.4 is 4.74 Å².